The predicted octanol–water partition coefficient (Wildman–Crippen LogP) is 2.97. The third kappa shape index (κ3) is 3.69. The van der Waals surface area contributed by atoms with Gasteiger partial charge in [-0.3, -0.25) is 0 Å². The molecule has 0 saturated carbocycles. The van der Waals surface area contributed by atoms with E-state index in [1.165, 1.54) is 0 Å². The van der Waals surface area contributed by atoms with Crippen LogP contribution in [0.5, 0.6) is 0 Å². The van der Waals surface area contributed by atoms with Crippen molar-refractivity contribution in [3.63, 3.8) is 0 Å². The highest BCUT2D eigenvalue weighted by atomic mass is 79.9. The van der Waals surface area contributed by atoms with E-state index >= 15 is 0 Å². The van der Waals surface area contributed by atoms with Gasteiger partial charge in [-0.05, 0) is 47.5 Å². The normalized spacial score (nSPS) is 14.5. The lowest BCUT2D eigenvalue weighted by Crippen LogP contribution is -2.32. The van der Waals surface area contributed by atoms with Crippen molar-refractivity contribution in [1.29, 1.82) is 0 Å². The summed E-state index contributed by atoms with van der Waals surface area (Å²) in [6.45, 7) is 4.55. The van der Waals surface area contributed by atoms with Gasteiger partial charge in [0, 0.05) is 24.7 Å². The van der Waals surface area contributed by atoms with Crippen molar-refractivity contribution in [3.8, 4) is 0 Å². The van der Waals surface area contributed by atoms with E-state index in [0.717, 1.165) is 15.7 Å². The molecule has 0 fully saturated rings. The highest BCUT2D eigenvalue weighted by molar-refractivity contribution is 9.10. The number of likely N-dealkylation sites (N-methyl/N-ethyl adjacent to an activating group) is 1. The van der Waals surface area contributed by atoms with Gasteiger partial charge in [0.15, 0.2) is 0 Å². The van der Waals surface area contributed by atoms with Crippen LogP contribution in [-0.2, 0) is 4.74 Å². The van der Waals surface area contributed by atoms with Crippen LogP contribution in [0, 0.1) is 0 Å². The molecule has 0 aliphatic carbocycles. The van der Waals surface area contributed by atoms with E-state index in [2.05, 4.69) is 27.8 Å². The van der Waals surface area contributed by atoms with E-state index in [1.54, 1.807) is 14.0 Å². The molecule has 0 aromatic heterocycles. The minimum Gasteiger partial charge on any atom is -0.389 e. The van der Waals surface area contributed by atoms with Crippen molar-refractivity contribution in [2.24, 2.45) is 0 Å². The van der Waals surface area contributed by atoms with Crippen LogP contribution < -0.4 is 4.90 Å². The second-order valence-electron chi connectivity index (χ2n) is 4.30. The number of aliphatic hydroxyl groups excluding tert-OH is 1. The molecule has 0 aliphatic heterocycles. The Kier molecular flexibility index (Phi) is 5.43. The van der Waals surface area contributed by atoms with Gasteiger partial charge in [0.1, 0.15) is 0 Å². The predicted molar refractivity (Wildman–Crippen MR) is 74.5 cm³/mol. The SMILES string of the molecule is COCC(C)N(C)c1ccc(C(C)O)cc1Br. The number of anilines is 1. The molecule has 17 heavy (non-hydrogen) atoms. The molecule has 0 radical (unpaired) electrons. The van der Waals surface area contributed by atoms with E-state index in [4.69, 9.17) is 4.74 Å². The maximum absolute atomic E-state index is 9.52. The van der Waals surface area contributed by atoms with Crippen LogP contribution in [0.4, 0.5) is 5.69 Å². The lowest BCUT2D eigenvalue weighted by atomic mass is 10.1. The molecule has 1 N–H and O–H groups in total. The molecule has 1 aromatic rings. The summed E-state index contributed by atoms with van der Waals surface area (Å²) in [5.41, 5.74) is 2.01. The van der Waals surface area contributed by atoms with Crippen molar-refractivity contribution in [1.82, 2.24) is 0 Å². The summed E-state index contributed by atoms with van der Waals surface area (Å²) in [6.07, 6.45) is -0.443. The molecule has 0 heterocycles. The monoisotopic (exact) mass is 301 g/mol. The second-order valence-corrected chi connectivity index (χ2v) is 5.16. The molecule has 2 unspecified atom stereocenters. The number of halogens is 1. The van der Waals surface area contributed by atoms with Gasteiger partial charge < -0.3 is 14.7 Å². The van der Waals surface area contributed by atoms with Gasteiger partial charge in [0.05, 0.1) is 18.4 Å². The van der Waals surface area contributed by atoms with E-state index < -0.39 is 6.10 Å². The molecule has 1 rings (SSSR count). The summed E-state index contributed by atoms with van der Waals surface area (Å²) in [5.74, 6) is 0. The maximum atomic E-state index is 9.52. The number of rotatable bonds is 5. The van der Waals surface area contributed by atoms with Crippen LogP contribution in [0.15, 0.2) is 22.7 Å². The summed E-state index contributed by atoms with van der Waals surface area (Å²) in [4.78, 5) is 2.15. The summed E-state index contributed by atoms with van der Waals surface area (Å²) in [5, 5.41) is 9.52. The van der Waals surface area contributed by atoms with Gasteiger partial charge in [-0.1, -0.05) is 6.07 Å². The second kappa shape index (κ2) is 6.38. The van der Waals surface area contributed by atoms with Crippen molar-refractivity contribution in [2.45, 2.75) is 26.0 Å². The van der Waals surface area contributed by atoms with Crippen molar-refractivity contribution < 1.29 is 9.84 Å². The molecular weight excluding hydrogens is 282 g/mol. The first-order valence-corrected chi connectivity index (χ1v) is 6.46. The number of aliphatic hydroxyl groups is 1. The number of hydrogen-bond acceptors (Lipinski definition) is 3. The van der Waals surface area contributed by atoms with Gasteiger partial charge in [0.2, 0.25) is 0 Å². The van der Waals surface area contributed by atoms with Crippen molar-refractivity contribution in [3.05, 3.63) is 28.2 Å². The van der Waals surface area contributed by atoms with Crippen LogP contribution in [0.2, 0.25) is 0 Å². The van der Waals surface area contributed by atoms with Crippen LogP contribution in [0.3, 0.4) is 0 Å². The van der Waals surface area contributed by atoms with E-state index in [1.807, 2.05) is 25.2 Å². The molecule has 0 aliphatic rings. The van der Waals surface area contributed by atoms with Crippen LogP contribution in [0.1, 0.15) is 25.5 Å². The minimum absolute atomic E-state index is 0.300. The number of benzene rings is 1. The lowest BCUT2D eigenvalue weighted by molar-refractivity contribution is 0.183. The summed E-state index contributed by atoms with van der Waals surface area (Å²) in [7, 11) is 3.74. The Morgan fingerprint density at radius 2 is 2.06 bits per heavy atom. The lowest BCUT2D eigenvalue weighted by Gasteiger charge is -2.27. The fourth-order valence-electron chi connectivity index (χ4n) is 1.66. The number of nitrogens with zero attached hydrogens (tertiary/aromatic N) is 1. The molecule has 0 bridgehead atoms. The molecule has 1 aromatic carbocycles. The standard InChI is InChI=1S/C13H20BrNO2/c1-9(8-17-4)15(3)13-6-5-11(10(2)16)7-12(13)14/h5-7,9-10,16H,8H2,1-4H3. The van der Waals surface area contributed by atoms with Crippen LogP contribution >= 0.6 is 15.9 Å². The zero-order valence-corrected chi connectivity index (χ0v) is 12.4. The third-order valence-electron chi connectivity index (χ3n) is 2.90. The Labute approximate surface area is 112 Å². The molecule has 2 atom stereocenters. The molecule has 0 spiro atoms. The molecule has 0 saturated heterocycles. The Balaban J connectivity index is 2.91. The first kappa shape index (κ1) is 14.5. The van der Waals surface area contributed by atoms with Gasteiger partial charge in [-0.15, -0.1) is 0 Å². The summed E-state index contributed by atoms with van der Waals surface area (Å²) >= 11 is 3.54. The highest BCUT2D eigenvalue weighted by Gasteiger charge is 2.13. The van der Waals surface area contributed by atoms with Crippen LogP contribution in [0.25, 0.3) is 0 Å². The number of methoxy groups -OCH3 is 1. The molecule has 4 heteroatoms. The Morgan fingerprint density at radius 1 is 1.41 bits per heavy atom. The van der Waals surface area contributed by atoms with Crippen molar-refractivity contribution in [2.75, 3.05) is 25.7 Å². The van der Waals surface area contributed by atoms with Gasteiger partial charge in [-0.25, -0.2) is 0 Å². The van der Waals surface area contributed by atoms with E-state index in [0.29, 0.717) is 12.6 Å². The molecule has 96 valence electrons. The van der Waals surface area contributed by atoms with Gasteiger partial charge in [0.25, 0.3) is 0 Å². The molecule has 3 nitrogen and oxygen atoms in total. The summed E-state index contributed by atoms with van der Waals surface area (Å²) in [6, 6.07) is 6.21. The quantitative estimate of drug-likeness (QED) is 0.907. The molecular formula is C13H20BrNO2. The zero-order valence-electron chi connectivity index (χ0n) is 10.8. The largest absolute Gasteiger partial charge is 0.389 e. The minimum atomic E-state index is -0.443. The molecule has 0 amide bonds. The fourth-order valence-corrected chi connectivity index (χ4v) is 2.34. The Morgan fingerprint density at radius 3 is 2.53 bits per heavy atom. The van der Waals surface area contributed by atoms with E-state index in [-0.39, 0.29) is 0 Å². The van der Waals surface area contributed by atoms with Gasteiger partial charge in [-0.2, -0.15) is 0 Å². The van der Waals surface area contributed by atoms with Crippen molar-refractivity contribution >= 4 is 21.6 Å². The maximum Gasteiger partial charge on any atom is 0.0762 e. The smallest absolute Gasteiger partial charge is 0.0762 e. The fraction of sp³-hybridized carbons (Fsp3) is 0.538. The first-order valence-electron chi connectivity index (χ1n) is 5.66. The number of ether oxygens (including phenoxy) is 1. The van der Waals surface area contributed by atoms with Crippen LogP contribution in [-0.4, -0.2) is 31.9 Å². The first-order chi connectivity index (χ1) is 7.97. The van der Waals surface area contributed by atoms with E-state index in [9.17, 15) is 5.11 Å². The third-order valence-corrected chi connectivity index (χ3v) is 3.54. The Bertz CT molecular complexity index is 368. The highest BCUT2D eigenvalue weighted by Crippen LogP contribution is 2.29. The average molecular weight is 302 g/mol. The Hall–Kier alpha value is -0.580. The van der Waals surface area contributed by atoms with Gasteiger partial charge >= 0.3 is 0 Å². The topological polar surface area (TPSA) is 32.7 Å². The average Bonchev–Trinajstić information content (AvgIpc) is 2.28. The number of hydrogen-bond donors (Lipinski definition) is 1. The zero-order chi connectivity index (χ0) is 13.0. The summed E-state index contributed by atoms with van der Waals surface area (Å²) < 4.78 is 6.14.